The summed E-state index contributed by atoms with van der Waals surface area (Å²) >= 11 is 2.08. The summed E-state index contributed by atoms with van der Waals surface area (Å²) in [7, 11) is 0. The summed E-state index contributed by atoms with van der Waals surface area (Å²) in [6, 6.07) is 0. The van der Waals surface area contributed by atoms with Crippen molar-refractivity contribution in [2.24, 2.45) is 0 Å². The second-order valence-electron chi connectivity index (χ2n) is 4.30. The number of nitrogens with one attached hydrogen (secondary N) is 1. The SMILES string of the molecule is Cc1ncc(NCC2CCCCS2)nc1C. The molecule has 1 aliphatic rings. The molecule has 4 heteroatoms. The highest BCUT2D eigenvalue weighted by Gasteiger charge is 2.13. The number of aromatic nitrogens is 2. The zero-order valence-corrected chi connectivity index (χ0v) is 10.8. The number of hydrogen-bond acceptors (Lipinski definition) is 4. The molecule has 88 valence electrons. The number of aryl methyl sites for hydroxylation is 2. The van der Waals surface area contributed by atoms with Gasteiger partial charge in [0.1, 0.15) is 5.82 Å². The lowest BCUT2D eigenvalue weighted by atomic mass is 10.2. The third-order valence-corrected chi connectivity index (χ3v) is 4.38. The molecule has 2 rings (SSSR count). The first kappa shape index (κ1) is 11.7. The van der Waals surface area contributed by atoms with Crippen LogP contribution in [0.5, 0.6) is 0 Å². The van der Waals surface area contributed by atoms with Crippen molar-refractivity contribution >= 4 is 17.6 Å². The van der Waals surface area contributed by atoms with Gasteiger partial charge in [-0.1, -0.05) is 6.42 Å². The van der Waals surface area contributed by atoms with Gasteiger partial charge in [0.25, 0.3) is 0 Å². The Kier molecular flexibility index (Phi) is 4.04. The molecular weight excluding hydrogens is 218 g/mol. The van der Waals surface area contributed by atoms with Gasteiger partial charge in [0, 0.05) is 11.8 Å². The second kappa shape index (κ2) is 5.53. The Bertz CT molecular complexity index is 348. The van der Waals surface area contributed by atoms with Crippen molar-refractivity contribution in [3.05, 3.63) is 17.6 Å². The predicted molar refractivity (Wildman–Crippen MR) is 70.1 cm³/mol. The summed E-state index contributed by atoms with van der Waals surface area (Å²) in [5.41, 5.74) is 2.03. The lowest BCUT2D eigenvalue weighted by Gasteiger charge is -2.21. The first-order valence-electron chi connectivity index (χ1n) is 5.91. The van der Waals surface area contributed by atoms with Gasteiger partial charge in [-0.25, -0.2) is 4.98 Å². The van der Waals surface area contributed by atoms with Gasteiger partial charge in [-0.3, -0.25) is 4.98 Å². The molecule has 0 saturated carbocycles. The van der Waals surface area contributed by atoms with E-state index >= 15 is 0 Å². The van der Waals surface area contributed by atoms with Gasteiger partial charge >= 0.3 is 0 Å². The van der Waals surface area contributed by atoms with Crippen molar-refractivity contribution in [2.75, 3.05) is 17.6 Å². The maximum absolute atomic E-state index is 4.47. The van der Waals surface area contributed by atoms with E-state index in [1.807, 2.05) is 20.0 Å². The van der Waals surface area contributed by atoms with Crippen molar-refractivity contribution in [1.29, 1.82) is 0 Å². The van der Waals surface area contributed by atoms with Crippen LogP contribution in [-0.2, 0) is 0 Å². The van der Waals surface area contributed by atoms with E-state index in [1.54, 1.807) is 0 Å². The molecule has 1 saturated heterocycles. The fourth-order valence-corrected chi connectivity index (χ4v) is 3.05. The minimum absolute atomic E-state index is 0.747. The number of thioether (sulfide) groups is 1. The van der Waals surface area contributed by atoms with Gasteiger partial charge in [0.2, 0.25) is 0 Å². The Balaban J connectivity index is 1.86. The number of rotatable bonds is 3. The molecular formula is C12H19N3S. The molecule has 1 unspecified atom stereocenters. The highest BCUT2D eigenvalue weighted by molar-refractivity contribution is 7.99. The Morgan fingerprint density at radius 1 is 1.38 bits per heavy atom. The molecule has 0 bridgehead atoms. The summed E-state index contributed by atoms with van der Waals surface area (Å²) in [5, 5.41) is 4.14. The number of hydrogen-bond donors (Lipinski definition) is 1. The molecule has 1 aromatic heterocycles. The standard InChI is InChI=1S/C12H19N3S/c1-9-10(2)15-12(8-13-9)14-7-11-5-3-4-6-16-11/h8,11H,3-7H2,1-2H3,(H,14,15). The van der Waals surface area contributed by atoms with Gasteiger partial charge in [-0.15, -0.1) is 0 Å². The van der Waals surface area contributed by atoms with E-state index in [9.17, 15) is 0 Å². The van der Waals surface area contributed by atoms with Crippen molar-refractivity contribution in [3.8, 4) is 0 Å². The topological polar surface area (TPSA) is 37.8 Å². The fourth-order valence-electron chi connectivity index (χ4n) is 1.81. The molecule has 1 N–H and O–H groups in total. The lowest BCUT2D eigenvalue weighted by Crippen LogP contribution is -2.20. The van der Waals surface area contributed by atoms with Crippen LogP contribution in [-0.4, -0.2) is 27.5 Å². The van der Waals surface area contributed by atoms with Crippen LogP contribution < -0.4 is 5.32 Å². The van der Waals surface area contributed by atoms with Gasteiger partial charge in [-0.2, -0.15) is 11.8 Å². The highest BCUT2D eigenvalue weighted by Crippen LogP contribution is 2.25. The van der Waals surface area contributed by atoms with E-state index in [0.29, 0.717) is 0 Å². The molecule has 16 heavy (non-hydrogen) atoms. The second-order valence-corrected chi connectivity index (χ2v) is 5.70. The zero-order valence-electron chi connectivity index (χ0n) is 9.99. The predicted octanol–water partition coefficient (Wildman–Crippen LogP) is 2.79. The smallest absolute Gasteiger partial charge is 0.144 e. The van der Waals surface area contributed by atoms with Crippen LogP contribution in [0.15, 0.2) is 6.20 Å². The highest BCUT2D eigenvalue weighted by atomic mass is 32.2. The van der Waals surface area contributed by atoms with Crippen molar-refractivity contribution in [1.82, 2.24) is 9.97 Å². The maximum Gasteiger partial charge on any atom is 0.144 e. The molecule has 2 heterocycles. The number of anilines is 1. The summed E-state index contributed by atoms with van der Waals surface area (Å²) in [6.07, 6.45) is 5.91. The molecule has 1 fully saturated rings. The normalized spacial score (nSPS) is 20.8. The van der Waals surface area contributed by atoms with Crippen LogP contribution in [0.4, 0.5) is 5.82 Å². The summed E-state index contributed by atoms with van der Waals surface area (Å²) in [5.74, 6) is 2.22. The molecule has 0 radical (unpaired) electrons. The van der Waals surface area contributed by atoms with Crippen LogP contribution in [0.3, 0.4) is 0 Å². The Morgan fingerprint density at radius 3 is 2.94 bits per heavy atom. The van der Waals surface area contributed by atoms with Gasteiger partial charge in [0.05, 0.1) is 17.6 Å². The quantitative estimate of drug-likeness (QED) is 0.877. The van der Waals surface area contributed by atoms with Crippen molar-refractivity contribution in [3.63, 3.8) is 0 Å². The molecule has 0 spiro atoms. The third kappa shape index (κ3) is 3.11. The number of nitrogens with zero attached hydrogens (tertiary/aromatic N) is 2. The summed E-state index contributed by atoms with van der Waals surface area (Å²) in [4.78, 5) is 8.78. The van der Waals surface area contributed by atoms with Crippen LogP contribution >= 0.6 is 11.8 Å². The molecule has 0 aromatic carbocycles. The van der Waals surface area contributed by atoms with E-state index in [1.165, 1.54) is 25.0 Å². The largest absolute Gasteiger partial charge is 0.368 e. The maximum atomic E-state index is 4.47. The minimum atomic E-state index is 0.747. The molecule has 1 aliphatic heterocycles. The fraction of sp³-hybridized carbons (Fsp3) is 0.667. The van der Waals surface area contributed by atoms with Gasteiger partial charge in [-0.05, 0) is 32.4 Å². The first-order valence-corrected chi connectivity index (χ1v) is 6.96. The molecule has 1 atom stereocenters. The Labute approximate surface area is 101 Å². The lowest BCUT2D eigenvalue weighted by molar-refractivity contribution is 0.676. The summed E-state index contributed by atoms with van der Waals surface area (Å²) in [6.45, 7) is 5.01. The first-order chi connectivity index (χ1) is 7.75. The van der Waals surface area contributed by atoms with E-state index in [0.717, 1.165) is 29.0 Å². The van der Waals surface area contributed by atoms with E-state index in [-0.39, 0.29) is 0 Å². The van der Waals surface area contributed by atoms with Crippen LogP contribution in [0, 0.1) is 13.8 Å². The monoisotopic (exact) mass is 237 g/mol. The summed E-state index contributed by atoms with van der Waals surface area (Å²) < 4.78 is 0. The van der Waals surface area contributed by atoms with Crippen molar-refractivity contribution < 1.29 is 0 Å². The zero-order chi connectivity index (χ0) is 11.4. The third-order valence-electron chi connectivity index (χ3n) is 2.98. The van der Waals surface area contributed by atoms with Crippen LogP contribution in [0.1, 0.15) is 30.7 Å². The molecule has 0 amide bonds. The van der Waals surface area contributed by atoms with E-state index in [4.69, 9.17) is 0 Å². The van der Waals surface area contributed by atoms with Gasteiger partial charge in [0.15, 0.2) is 0 Å². The molecule has 0 aliphatic carbocycles. The minimum Gasteiger partial charge on any atom is -0.368 e. The average molecular weight is 237 g/mol. The van der Waals surface area contributed by atoms with Gasteiger partial charge < -0.3 is 5.32 Å². The van der Waals surface area contributed by atoms with E-state index in [2.05, 4.69) is 27.0 Å². The molecule has 3 nitrogen and oxygen atoms in total. The van der Waals surface area contributed by atoms with E-state index < -0.39 is 0 Å². The Hall–Kier alpha value is -0.770. The van der Waals surface area contributed by atoms with Crippen LogP contribution in [0.2, 0.25) is 0 Å². The average Bonchev–Trinajstić information content (AvgIpc) is 2.32. The Morgan fingerprint density at radius 2 is 2.25 bits per heavy atom. The van der Waals surface area contributed by atoms with Crippen molar-refractivity contribution in [2.45, 2.75) is 38.4 Å². The van der Waals surface area contributed by atoms with Crippen LogP contribution in [0.25, 0.3) is 0 Å². The molecule has 1 aromatic rings.